The van der Waals surface area contributed by atoms with Crippen molar-refractivity contribution >= 4 is 8.90 Å². The van der Waals surface area contributed by atoms with Crippen LogP contribution >= 0.6 is 7.82 Å². The summed E-state index contributed by atoms with van der Waals surface area (Å²) in [4.78, 5) is 21.6. The van der Waals surface area contributed by atoms with Crippen molar-refractivity contribution in [1.82, 2.24) is 0 Å². The Labute approximate surface area is 97.2 Å². The third-order valence-electron chi connectivity index (χ3n) is 0.774. The van der Waals surface area contributed by atoms with Crippen molar-refractivity contribution in [2.24, 2.45) is 0 Å². The number of rotatable bonds is 0. The summed E-state index contributed by atoms with van der Waals surface area (Å²) < 4.78 is 10.3. The molecule has 0 atom stereocenters. The van der Waals surface area contributed by atoms with Gasteiger partial charge in [0.2, 0.25) is 0 Å². The van der Waals surface area contributed by atoms with E-state index in [4.69, 9.17) is 19.2 Å². The fourth-order valence-electron chi connectivity index (χ4n) is 0.438. The Morgan fingerprint density at radius 2 is 1.42 bits per heavy atom. The van der Waals surface area contributed by atoms with Gasteiger partial charge in [-0.25, -0.2) is 4.57 Å². The van der Waals surface area contributed by atoms with Crippen LogP contribution in [0.25, 0.3) is 0 Å². The molecular formula is C6H8CeO4P. The Kier molecular flexibility index (Phi) is 6.57. The van der Waals surface area contributed by atoms with Gasteiger partial charge in [-0.1, -0.05) is 0 Å². The van der Waals surface area contributed by atoms with E-state index in [9.17, 15) is 0 Å². The molecule has 1 aromatic carbocycles. The molecule has 0 heterocycles. The molecule has 0 amide bonds. The Hall–Kier alpha value is 0.707. The van der Waals surface area contributed by atoms with Crippen molar-refractivity contribution in [3.05, 3.63) is 30.3 Å². The molecule has 0 bridgehead atoms. The van der Waals surface area contributed by atoms with Crippen molar-refractivity contribution in [3.8, 4) is 0 Å². The van der Waals surface area contributed by atoms with Crippen LogP contribution in [0.4, 0.5) is 0 Å². The second-order valence-electron chi connectivity index (χ2n) is 1.88. The molecule has 12 heavy (non-hydrogen) atoms. The molecule has 0 aliphatic carbocycles. The second kappa shape index (κ2) is 6.20. The van der Waals surface area contributed by atoms with Gasteiger partial charge in [0.1, 0.15) is 0 Å². The van der Waals surface area contributed by atoms with Gasteiger partial charge in [0, 0.05) is 0 Å². The first kappa shape index (κ1) is 12.7. The van der Waals surface area contributed by atoms with Gasteiger partial charge in [-0.2, -0.15) is 0 Å². The second-order valence-corrected chi connectivity index (χ2v) is 4.72. The molecule has 0 saturated heterocycles. The minimum absolute atomic E-state index is 1.17. The van der Waals surface area contributed by atoms with E-state index in [2.05, 4.69) is 24.3 Å². The third-order valence-corrected chi connectivity index (χ3v) is 1.82. The van der Waals surface area contributed by atoms with Gasteiger partial charge < -0.3 is 14.7 Å². The van der Waals surface area contributed by atoms with E-state index in [0.29, 0.717) is 0 Å². The standard InChI is InChI=1S/C6H5.Ce.H3O4P/c1-2-4-6-5-3-1;;1-5(2,3)4/h1-5H;;(H3,1,2,3,4). The van der Waals surface area contributed by atoms with Gasteiger partial charge in [-0.3, -0.25) is 0 Å². The zero-order valence-electron chi connectivity index (χ0n) is 6.08. The molecule has 0 aliphatic heterocycles. The van der Waals surface area contributed by atoms with Crippen molar-refractivity contribution in [2.45, 2.75) is 0 Å². The molecule has 0 aliphatic rings. The molecule has 0 spiro atoms. The maximum atomic E-state index is 8.88. The molecule has 4 nitrogen and oxygen atoms in total. The van der Waals surface area contributed by atoms with Crippen LogP contribution in [0.2, 0.25) is 0 Å². The number of benzene rings is 1. The van der Waals surface area contributed by atoms with Crippen LogP contribution in [0, 0.1) is 39.6 Å². The van der Waals surface area contributed by atoms with Gasteiger partial charge in [0.05, 0.1) is 0 Å². The van der Waals surface area contributed by atoms with Crippen LogP contribution < -0.4 is 1.08 Å². The first-order chi connectivity index (χ1) is 5.39. The SMILES string of the molecule is O=P(O)(O)O.[Ce][c]1ccccc1. The molecule has 65 valence electrons. The molecule has 3 N–H and O–H groups in total. The summed E-state index contributed by atoms with van der Waals surface area (Å²) in [6.45, 7) is 0. The molecule has 0 saturated carbocycles. The number of hydrogen-bond donors (Lipinski definition) is 3. The molecule has 1 aromatic rings. The molecule has 1 rings (SSSR count). The molecule has 6 heteroatoms. The van der Waals surface area contributed by atoms with Gasteiger partial charge in [-0.15, -0.1) is 0 Å². The predicted octanol–water partition coefficient (Wildman–Crippen LogP) is -0.0674. The van der Waals surface area contributed by atoms with Crippen LogP contribution in [0.1, 0.15) is 0 Å². The van der Waals surface area contributed by atoms with Gasteiger partial charge in [-0.05, 0) is 0 Å². The normalized spacial score (nSPS) is 9.83. The monoisotopic (exact) mass is 315 g/mol. The number of phosphoric acid groups is 1. The fraction of sp³-hybridized carbons (Fsp3) is 0. The van der Waals surface area contributed by atoms with Crippen molar-refractivity contribution in [2.75, 3.05) is 0 Å². The molecule has 0 unspecified atom stereocenters. The number of hydrogen-bond acceptors (Lipinski definition) is 1. The van der Waals surface area contributed by atoms with E-state index in [-0.39, 0.29) is 0 Å². The van der Waals surface area contributed by atoms with Crippen LogP contribution in [0.15, 0.2) is 30.3 Å². The molecular weight excluding hydrogens is 307 g/mol. The van der Waals surface area contributed by atoms with Crippen LogP contribution in [-0.4, -0.2) is 14.7 Å². The average molecular weight is 315 g/mol. The van der Waals surface area contributed by atoms with Gasteiger partial charge in [0.15, 0.2) is 0 Å². The first-order valence-electron chi connectivity index (χ1n) is 2.94. The van der Waals surface area contributed by atoms with Crippen molar-refractivity contribution < 1.29 is 58.9 Å². The van der Waals surface area contributed by atoms with Gasteiger partial charge >= 0.3 is 78.9 Å². The van der Waals surface area contributed by atoms with E-state index >= 15 is 0 Å². The summed E-state index contributed by atoms with van der Waals surface area (Å²) in [6, 6.07) is 10.5. The van der Waals surface area contributed by atoms with E-state index < -0.39 is 7.82 Å². The summed E-state index contributed by atoms with van der Waals surface area (Å²) in [5, 5.41) is 0. The Balaban J connectivity index is 0.000000217. The first-order valence-corrected chi connectivity index (χ1v) is 6.08. The van der Waals surface area contributed by atoms with Crippen molar-refractivity contribution in [3.63, 3.8) is 0 Å². The summed E-state index contributed by atoms with van der Waals surface area (Å²) in [5.74, 6) is 0. The quantitative estimate of drug-likeness (QED) is 0.586. The van der Waals surface area contributed by atoms with Crippen LogP contribution in [-0.2, 0) is 4.57 Å². The summed E-state index contributed by atoms with van der Waals surface area (Å²) in [7, 11) is -4.64. The Bertz CT molecular complexity index is 249. The predicted molar refractivity (Wildman–Crippen MR) is 40.3 cm³/mol. The summed E-state index contributed by atoms with van der Waals surface area (Å²) in [5.41, 5.74) is 0. The van der Waals surface area contributed by atoms with Crippen molar-refractivity contribution in [1.29, 1.82) is 0 Å². The molecule has 0 aromatic heterocycles. The maximum absolute atomic E-state index is 8.88. The van der Waals surface area contributed by atoms with E-state index in [1.165, 1.54) is 40.7 Å². The molecule has 0 fully saturated rings. The van der Waals surface area contributed by atoms with E-state index in [0.717, 1.165) is 0 Å². The zero-order chi connectivity index (χ0) is 9.61. The van der Waals surface area contributed by atoms with Gasteiger partial charge in [0.25, 0.3) is 0 Å². The average Bonchev–Trinajstić information content (AvgIpc) is 1.85. The summed E-state index contributed by atoms with van der Waals surface area (Å²) in [6.07, 6.45) is 0. The van der Waals surface area contributed by atoms with Crippen LogP contribution in [0.5, 0.6) is 0 Å². The zero-order valence-corrected chi connectivity index (χ0v) is 10.1. The Morgan fingerprint density at radius 1 is 1.08 bits per heavy atom. The topological polar surface area (TPSA) is 77.8 Å². The third kappa shape index (κ3) is 13.3. The summed E-state index contributed by atoms with van der Waals surface area (Å²) >= 11 is 1.17. The minimum atomic E-state index is -4.64. The van der Waals surface area contributed by atoms with E-state index in [1.807, 2.05) is 6.07 Å². The Morgan fingerprint density at radius 3 is 1.58 bits per heavy atom. The van der Waals surface area contributed by atoms with Crippen LogP contribution in [0.3, 0.4) is 0 Å². The van der Waals surface area contributed by atoms with E-state index in [1.54, 1.807) is 0 Å². The fourth-order valence-corrected chi connectivity index (χ4v) is 1.04. The molecule has 0 radical (unpaired) electrons.